The summed E-state index contributed by atoms with van der Waals surface area (Å²) in [5.41, 5.74) is 6.17. The normalized spacial score (nSPS) is 27.5. The highest BCUT2D eigenvalue weighted by Gasteiger charge is 2.48. The van der Waals surface area contributed by atoms with Crippen molar-refractivity contribution in [2.45, 2.75) is 45.0 Å². The second-order valence-corrected chi connectivity index (χ2v) is 14.7. The van der Waals surface area contributed by atoms with Crippen molar-refractivity contribution < 1.29 is 56.5 Å². The highest BCUT2D eigenvalue weighted by molar-refractivity contribution is 7.95. The van der Waals surface area contributed by atoms with E-state index in [1.807, 2.05) is 0 Å². The minimum Gasteiger partial charge on any atom is -0.387 e. The molecule has 0 aliphatic carbocycles. The molecule has 1 aliphatic rings. The Hall–Kier alpha value is -1.26. The van der Waals surface area contributed by atoms with Crippen LogP contribution in [-0.4, -0.2) is 75.2 Å². The van der Waals surface area contributed by atoms with Gasteiger partial charge in [0, 0.05) is 0 Å². The number of rotatable bonds is 9. The molecule has 0 radical (unpaired) electrons. The number of ether oxygens (including phenoxy) is 1. The predicted molar refractivity (Wildman–Crippen MR) is 117 cm³/mol. The van der Waals surface area contributed by atoms with E-state index in [2.05, 4.69) is 23.6 Å². The van der Waals surface area contributed by atoms with Gasteiger partial charge in [-0.25, -0.2) is 28.4 Å². The van der Waals surface area contributed by atoms with Gasteiger partial charge in [-0.05, 0) is 0 Å². The lowest BCUT2D eigenvalue weighted by Gasteiger charge is -2.36. The predicted octanol–water partition coefficient (Wildman–Crippen LogP) is 0.299. The van der Waals surface area contributed by atoms with Gasteiger partial charge < -0.3 is 44.5 Å². The highest BCUT2D eigenvalue weighted by atomic mass is 31.3. The molecule has 17 nitrogen and oxygen atoms in total. The Balaban J connectivity index is 1.79. The molecule has 3 heterocycles. The van der Waals surface area contributed by atoms with Gasteiger partial charge in [-0.2, -0.15) is 24.8 Å². The lowest BCUT2D eigenvalue weighted by molar-refractivity contribution is -0.0480. The molecule has 2 aromatic heterocycles. The van der Waals surface area contributed by atoms with Crippen LogP contribution < -0.4 is 5.73 Å². The molecule has 0 bridgehead atoms. The fourth-order valence-corrected chi connectivity index (χ4v) is 7.75. The summed E-state index contributed by atoms with van der Waals surface area (Å²) < 4.78 is 56.6. The molecule has 3 unspecified atom stereocenters. The molecule has 6 atom stereocenters. The van der Waals surface area contributed by atoms with Crippen LogP contribution in [0.25, 0.3) is 11.2 Å². The largest absolute Gasteiger partial charge is 0.486 e. The Kier molecular flexibility index (Phi) is 7.49. The molecule has 1 fully saturated rings. The fourth-order valence-electron chi connectivity index (χ4n) is 3.01. The van der Waals surface area contributed by atoms with Gasteiger partial charge in [0.25, 0.3) is 0 Å². The average molecular weight is 546 g/mol. The van der Waals surface area contributed by atoms with Crippen molar-refractivity contribution in [2.24, 2.45) is 0 Å². The molecular weight excluding hydrogens is 522 g/mol. The van der Waals surface area contributed by atoms with Gasteiger partial charge in [0.15, 0.2) is 25.2 Å². The number of nitrogen functional groups attached to an aromatic ring is 1. The van der Waals surface area contributed by atoms with Gasteiger partial charge in [-0.3, -0.25) is 4.57 Å². The SMILES string of the molecule is C[B-](C)(C)P(=O)(OC[C@H]1OC(n2cnc3c(N)ncnc32)[C@H](O)[C@@H]1O)OP(=O)(O)OP(=O)(O)O. The van der Waals surface area contributed by atoms with E-state index in [4.69, 9.17) is 24.8 Å². The third kappa shape index (κ3) is 5.76. The zero-order valence-electron chi connectivity index (χ0n) is 18.1. The molecule has 34 heavy (non-hydrogen) atoms. The summed E-state index contributed by atoms with van der Waals surface area (Å²) in [6.07, 6.45) is -3.20. The molecule has 7 N–H and O–H groups in total. The Labute approximate surface area is 192 Å². The minimum atomic E-state index is -5.53. The fraction of sp³-hybridized carbons (Fsp3) is 0.615. The molecule has 1 aliphatic heterocycles. The van der Waals surface area contributed by atoms with E-state index >= 15 is 0 Å². The maximum Gasteiger partial charge on any atom is 0.486 e. The number of hydrogen-bond donors (Lipinski definition) is 6. The first kappa shape index (κ1) is 27.3. The number of phosphoric acid groups is 2. The van der Waals surface area contributed by atoms with Crippen LogP contribution in [0.4, 0.5) is 5.82 Å². The van der Waals surface area contributed by atoms with Gasteiger partial charge in [0.2, 0.25) is 0 Å². The van der Waals surface area contributed by atoms with Crippen LogP contribution >= 0.6 is 23.1 Å². The third-order valence-electron chi connectivity index (χ3n) is 4.79. The number of imidazole rings is 1. The molecule has 2 aromatic rings. The van der Waals surface area contributed by atoms with Crippen LogP contribution in [0.5, 0.6) is 0 Å². The maximum absolute atomic E-state index is 13.3. The number of aromatic nitrogens is 4. The van der Waals surface area contributed by atoms with E-state index in [0.717, 1.165) is 0 Å². The molecule has 192 valence electrons. The van der Waals surface area contributed by atoms with Crippen LogP contribution in [0.1, 0.15) is 6.23 Å². The minimum absolute atomic E-state index is 0.0770. The van der Waals surface area contributed by atoms with Crippen LogP contribution in [-0.2, 0) is 31.6 Å². The van der Waals surface area contributed by atoms with Crippen molar-refractivity contribution in [1.82, 2.24) is 19.5 Å². The zero-order chi connectivity index (χ0) is 25.7. The Morgan fingerprint density at radius 3 is 2.32 bits per heavy atom. The molecule has 1 saturated heterocycles. The highest BCUT2D eigenvalue weighted by Crippen LogP contribution is 2.71. The van der Waals surface area contributed by atoms with E-state index in [-0.39, 0.29) is 17.0 Å². The monoisotopic (exact) mass is 546 g/mol. The molecule has 21 heteroatoms. The Bertz CT molecular complexity index is 1200. The molecule has 0 aromatic carbocycles. The second-order valence-electron chi connectivity index (χ2n) is 8.59. The summed E-state index contributed by atoms with van der Waals surface area (Å²) in [6, 6.07) is 0. The van der Waals surface area contributed by atoms with E-state index in [0.29, 0.717) is 0 Å². The third-order valence-corrected chi connectivity index (χ3v) is 10.6. The number of hydrogen-bond acceptors (Lipinski definition) is 13. The van der Waals surface area contributed by atoms with Crippen molar-refractivity contribution in [2.75, 3.05) is 12.3 Å². The number of nitrogens with zero attached hydrogens (tertiary/aromatic N) is 4. The van der Waals surface area contributed by atoms with Gasteiger partial charge >= 0.3 is 15.6 Å². The summed E-state index contributed by atoms with van der Waals surface area (Å²) in [5, 5.41) is 20.9. The van der Waals surface area contributed by atoms with E-state index in [1.165, 1.54) is 37.7 Å². The Morgan fingerprint density at radius 1 is 1.09 bits per heavy atom. The van der Waals surface area contributed by atoms with Crippen molar-refractivity contribution >= 4 is 46.0 Å². The zero-order valence-corrected chi connectivity index (χ0v) is 20.7. The molecule has 0 spiro atoms. The molecule has 0 saturated carbocycles. The smallest absolute Gasteiger partial charge is 0.387 e. The number of anilines is 1. The topological polar surface area (TPSA) is 259 Å². The average Bonchev–Trinajstić information content (AvgIpc) is 3.20. The summed E-state index contributed by atoms with van der Waals surface area (Å²) >= 11 is 0. The van der Waals surface area contributed by atoms with Crippen LogP contribution in [0.3, 0.4) is 0 Å². The number of aliphatic hydroxyl groups is 2. The van der Waals surface area contributed by atoms with Gasteiger partial charge in [0.1, 0.15) is 36.0 Å². The number of aliphatic hydroxyl groups excluding tert-OH is 2. The molecule has 3 rings (SSSR count). The first-order valence-electron chi connectivity index (χ1n) is 9.71. The van der Waals surface area contributed by atoms with E-state index in [9.17, 15) is 28.8 Å². The standard InChI is InChI=1S/C13H24BN5O12P3/c1-14(2,3)32(22,30-34(26,27)31-33(23,24)25)28-4-7-9(20)10(21)13(29-7)19-6-18-8-11(15)16-5-17-12(8)19/h5-7,9-10,13,20-21H,4H2,1-3H3,(H,26,27)(H2,15,16,17)(H2,23,24,25)/q-1/t7-,9-,10-,13?,32?/m1/s1. The molecule has 0 amide bonds. The summed E-state index contributed by atoms with van der Waals surface area (Å²) in [7, 11) is -15.6. The van der Waals surface area contributed by atoms with Crippen molar-refractivity contribution in [1.29, 1.82) is 0 Å². The van der Waals surface area contributed by atoms with Crippen molar-refractivity contribution in [3.63, 3.8) is 0 Å². The second kappa shape index (κ2) is 9.32. The number of fused-ring (bicyclic) bond motifs is 1. The van der Waals surface area contributed by atoms with Gasteiger partial charge in [-0.15, -0.1) is 0 Å². The summed E-state index contributed by atoms with van der Waals surface area (Å²) in [6.45, 7) is 3.39. The first-order chi connectivity index (χ1) is 15.4. The maximum atomic E-state index is 13.3. The van der Waals surface area contributed by atoms with Crippen LogP contribution in [0, 0.1) is 0 Å². The van der Waals surface area contributed by atoms with Crippen molar-refractivity contribution in [3.8, 4) is 0 Å². The van der Waals surface area contributed by atoms with Crippen LogP contribution in [0.15, 0.2) is 12.7 Å². The van der Waals surface area contributed by atoms with E-state index in [1.54, 1.807) is 0 Å². The first-order valence-corrected chi connectivity index (χ1v) is 14.3. The summed E-state index contributed by atoms with van der Waals surface area (Å²) in [5.74, 6) is -2.14. The lowest BCUT2D eigenvalue weighted by atomic mass is 9.55. The van der Waals surface area contributed by atoms with Gasteiger partial charge in [-0.1, -0.05) is 0 Å². The lowest BCUT2D eigenvalue weighted by Crippen LogP contribution is -2.34. The Morgan fingerprint density at radius 2 is 1.74 bits per heavy atom. The quantitative estimate of drug-likeness (QED) is 0.182. The summed E-state index contributed by atoms with van der Waals surface area (Å²) in [4.78, 5) is 39.1. The van der Waals surface area contributed by atoms with E-state index < -0.39 is 60.1 Å². The number of nitrogens with two attached hydrogens (primary N) is 1. The van der Waals surface area contributed by atoms with Gasteiger partial charge in [0.05, 0.1) is 12.9 Å². The van der Waals surface area contributed by atoms with Crippen LogP contribution in [0.2, 0.25) is 20.5 Å². The van der Waals surface area contributed by atoms with Crippen molar-refractivity contribution in [3.05, 3.63) is 12.7 Å². The molecular formula is C13H24BN5O12P3-.